The molecule has 0 bridgehead atoms. The number of aromatic nitrogens is 2. The van der Waals surface area contributed by atoms with E-state index < -0.39 is 17.5 Å². The van der Waals surface area contributed by atoms with Crippen LogP contribution in [0.4, 0.5) is 10.3 Å². The van der Waals surface area contributed by atoms with E-state index in [0.717, 1.165) is 32.4 Å². The molecule has 1 atom stereocenters. The number of hydrogen-bond acceptors (Lipinski definition) is 6. The smallest absolute Gasteiger partial charge is 0.297 e. The summed E-state index contributed by atoms with van der Waals surface area (Å²) in [5.41, 5.74) is 0.272. The monoisotopic (exact) mass is 386 g/mol. The SMILES string of the molecule is CC(CO)Oc1cnc(N2CCCCC2)n(Cc2cc(F)ccc2C#N)c1=O. The number of ether oxygens (including phenoxy) is 1. The maximum atomic E-state index is 13.8. The second-order valence-corrected chi connectivity index (χ2v) is 6.89. The van der Waals surface area contributed by atoms with Gasteiger partial charge in [0.2, 0.25) is 11.7 Å². The maximum absolute atomic E-state index is 13.8. The second-order valence-electron chi connectivity index (χ2n) is 6.89. The Kier molecular flexibility index (Phi) is 6.26. The molecular formula is C20H23FN4O3. The Bertz CT molecular complexity index is 932. The fraction of sp³-hybridized carbons (Fsp3) is 0.450. The minimum absolute atomic E-state index is 0.00300. The van der Waals surface area contributed by atoms with Crippen molar-refractivity contribution in [2.24, 2.45) is 0 Å². The first-order chi connectivity index (χ1) is 13.5. The Labute approximate surface area is 162 Å². The molecule has 1 unspecified atom stereocenters. The van der Waals surface area contributed by atoms with Crippen LogP contribution in [-0.4, -0.2) is 40.5 Å². The van der Waals surface area contributed by atoms with Gasteiger partial charge in [0.1, 0.15) is 11.9 Å². The van der Waals surface area contributed by atoms with E-state index in [1.54, 1.807) is 6.92 Å². The van der Waals surface area contributed by atoms with Crippen LogP contribution in [0.1, 0.15) is 37.3 Å². The highest BCUT2D eigenvalue weighted by molar-refractivity contribution is 5.41. The number of rotatable bonds is 6. The number of anilines is 1. The molecule has 0 amide bonds. The molecule has 1 aliphatic heterocycles. The van der Waals surface area contributed by atoms with E-state index in [1.165, 1.54) is 29.0 Å². The molecule has 1 saturated heterocycles. The van der Waals surface area contributed by atoms with Gasteiger partial charge in [-0.05, 0) is 49.9 Å². The van der Waals surface area contributed by atoms with E-state index in [0.29, 0.717) is 17.1 Å². The molecule has 1 fully saturated rings. The molecule has 0 spiro atoms. The third-order valence-corrected chi connectivity index (χ3v) is 4.73. The number of halogens is 1. The number of aliphatic hydroxyl groups excluding tert-OH is 1. The van der Waals surface area contributed by atoms with E-state index in [2.05, 4.69) is 4.98 Å². The highest BCUT2D eigenvalue weighted by Crippen LogP contribution is 2.21. The van der Waals surface area contributed by atoms with Gasteiger partial charge in [0.25, 0.3) is 5.56 Å². The predicted molar refractivity (Wildman–Crippen MR) is 102 cm³/mol. The maximum Gasteiger partial charge on any atom is 0.297 e. The molecular weight excluding hydrogens is 363 g/mol. The van der Waals surface area contributed by atoms with Crippen LogP contribution in [-0.2, 0) is 6.54 Å². The van der Waals surface area contributed by atoms with Crippen molar-refractivity contribution < 1.29 is 14.2 Å². The van der Waals surface area contributed by atoms with Crippen LogP contribution in [0.2, 0.25) is 0 Å². The summed E-state index contributed by atoms with van der Waals surface area (Å²) in [6.45, 7) is 2.95. The fourth-order valence-electron chi connectivity index (χ4n) is 3.26. The number of aliphatic hydroxyl groups is 1. The van der Waals surface area contributed by atoms with Gasteiger partial charge in [-0.1, -0.05) is 0 Å². The third-order valence-electron chi connectivity index (χ3n) is 4.73. The van der Waals surface area contributed by atoms with E-state index in [4.69, 9.17) is 4.74 Å². The van der Waals surface area contributed by atoms with E-state index in [9.17, 15) is 19.6 Å². The molecule has 0 aliphatic carbocycles. The molecule has 0 saturated carbocycles. The second kappa shape index (κ2) is 8.85. The standard InChI is InChI=1S/C20H23FN4O3/c1-14(13-26)28-18-11-23-20(24-7-3-2-4-8-24)25(19(18)27)12-16-9-17(21)6-5-15(16)10-22/h5-6,9,11,14,26H,2-4,7-8,12-13H2,1H3. The third kappa shape index (κ3) is 4.31. The number of piperidine rings is 1. The van der Waals surface area contributed by atoms with Crippen molar-refractivity contribution in [2.75, 3.05) is 24.6 Å². The van der Waals surface area contributed by atoms with Gasteiger partial charge in [-0.25, -0.2) is 9.37 Å². The Hall–Kier alpha value is -2.92. The summed E-state index contributed by atoms with van der Waals surface area (Å²) in [6.07, 6.45) is 3.93. The normalized spacial score (nSPS) is 15.1. The number of hydrogen-bond donors (Lipinski definition) is 1. The highest BCUT2D eigenvalue weighted by atomic mass is 19.1. The van der Waals surface area contributed by atoms with Crippen LogP contribution in [0.3, 0.4) is 0 Å². The van der Waals surface area contributed by atoms with Crippen molar-refractivity contribution in [3.8, 4) is 11.8 Å². The quantitative estimate of drug-likeness (QED) is 0.817. The molecule has 8 heteroatoms. The molecule has 0 radical (unpaired) electrons. The van der Waals surface area contributed by atoms with Crippen LogP contribution in [0.5, 0.6) is 5.75 Å². The summed E-state index contributed by atoms with van der Waals surface area (Å²) >= 11 is 0. The van der Waals surface area contributed by atoms with Gasteiger partial charge >= 0.3 is 0 Å². The van der Waals surface area contributed by atoms with Crippen LogP contribution in [0, 0.1) is 17.1 Å². The molecule has 3 rings (SSSR count). The number of nitrogens with zero attached hydrogens (tertiary/aromatic N) is 4. The largest absolute Gasteiger partial charge is 0.481 e. The fourth-order valence-corrected chi connectivity index (χ4v) is 3.26. The Morgan fingerprint density at radius 2 is 2.11 bits per heavy atom. The lowest BCUT2D eigenvalue weighted by Crippen LogP contribution is -2.37. The first kappa shape index (κ1) is 19.8. The van der Waals surface area contributed by atoms with Gasteiger partial charge in [0, 0.05) is 13.1 Å². The van der Waals surface area contributed by atoms with Gasteiger partial charge in [0.05, 0.1) is 31.0 Å². The summed E-state index contributed by atoms with van der Waals surface area (Å²) < 4.78 is 20.7. The first-order valence-electron chi connectivity index (χ1n) is 9.34. The van der Waals surface area contributed by atoms with Crippen molar-refractivity contribution in [2.45, 2.75) is 38.8 Å². The van der Waals surface area contributed by atoms with E-state index >= 15 is 0 Å². The lowest BCUT2D eigenvalue weighted by atomic mass is 10.1. The van der Waals surface area contributed by atoms with Crippen LogP contribution in [0.25, 0.3) is 0 Å². The average Bonchev–Trinajstić information content (AvgIpc) is 2.71. The zero-order chi connectivity index (χ0) is 20.1. The molecule has 2 heterocycles. The minimum Gasteiger partial charge on any atom is -0.481 e. The van der Waals surface area contributed by atoms with Crippen molar-refractivity contribution in [1.29, 1.82) is 5.26 Å². The molecule has 28 heavy (non-hydrogen) atoms. The molecule has 1 aromatic heterocycles. The highest BCUT2D eigenvalue weighted by Gasteiger charge is 2.21. The molecule has 2 aromatic rings. The average molecular weight is 386 g/mol. The van der Waals surface area contributed by atoms with Gasteiger partial charge < -0.3 is 14.7 Å². The Morgan fingerprint density at radius 3 is 2.79 bits per heavy atom. The first-order valence-corrected chi connectivity index (χ1v) is 9.34. The molecule has 7 nitrogen and oxygen atoms in total. The Balaban J connectivity index is 2.07. The Morgan fingerprint density at radius 1 is 1.36 bits per heavy atom. The number of nitriles is 1. The lowest BCUT2D eigenvalue weighted by Gasteiger charge is -2.30. The van der Waals surface area contributed by atoms with E-state index in [1.807, 2.05) is 11.0 Å². The van der Waals surface area contributed by atoms with Crippen molar-refractivity contribution in [3.63, 3.8) is 0 Å². The zero-order valence-electron chi connectivity index (χ0n) is 15.8. The summed E-state index contributed by atoms with van der Waals surface area (Å²) in [6, 6.07) is 5.92. The van der Waals surface area contributed by atoms with Crippen molar-refractivity contribution >= 4 is 5.95 Å². The molecule has 148 valence electrons. The molecule has 1 aromatic carbocycles. The van der Waals surface area contributed by atoms with Crippen molar-refractivity contribution in [3.05, 3.63) is 51.7 Å². The van der Waals surface area contributed by atoms with Crippen LogP contribution in [0.15, 0.2) is 29.2 Å². The van der Waals surface area contributed by atoms with Gasteiger partial charge in [-0.2, -0.15) is 5.26 Å². The van der Waals surface area contributed by atoms with Gasteiger partial charge in [-0.3, -0.25) is 9.36 Å². The summed E-state index contributed by atoms with van der Waals surface area (Å²) in [5, 5.41) is 18.6. The summed E-state index contributed by atoms with van der Waals surface area (Å²) in [4.78, 5) is 19.5. The van der Waals surface area contributed by atoms with Gasteiger partial charge in [0.15, 0.2) is 0 Å². The molecule has 1 N–H and O–H groups in total. The minimum atomic E-state index is -0.562. The summed E-state index contributed by atoms with van der Waals surface area (Å²) in [5.74, 6) is 0.00918. The van der Waals surface area contributed by atoms with Gasteiger partial charge in [-0.15, -0.1) is 0 Å². The molecule has 1 aliphatic rings. The number of benzene rings is 1. The van der Waals surface area contributed by atoms with Crippen LogP contribution >= 0.6 is 0 Å². The van der Waals surface area contributed by atoms with E-state index in [-0.39, 0.29) is 18.9 Å². The lowest BCUT2D eigenvalue weighted by molar-refractivity contribution is 0.127. The zero-order valence-corrected chi connectivity index (χ0v) is 15.8. The predicted octanol–water partition coefficient (Wildman–Crippen LogP) is 2.05. The van der Waals surface area contributed by atoms with Crippen molar-refractivity contribution in [1.82, 2.24) is 9.55 Å². The van der Waals surface area contributed by atoms with Crippen LogP contribution < -0.4 is 15.2 Å². The topological polar surface area (TPSA) is 91.4 Å². The summed E-state index contributed by atoms with van der Waals surface area (Å²) in [7, 11) is 0.